The molecule has 2 nitrogen and oxygen atoms in total. The predicted octanol–water partition coefficient (Wildman–Crippen LogP) is 3.18. The highest BCUT2D eigenvalue weighted by Gasteiger charge is 2.54. The Morgan fingerprint density at radius 3 is 2.20 bits per heavy atom. The van der Waals surface area contributed by atoms with Gasteiger partial charge in [0.15, 0.2) is 0 Å². The summed E-state index contributed by atoms with van der Waals surface area (Å²) in [5.74, 6) is 1.23. The molecule has 1 N–H and O–H groups in total. The van der Waals surface area contributed by atoms with Gasteiger partial charge in [0.1, 0.15) is 0 Å². The Hall–Kier alpha value is -0.290. The van der Waals surface area contributed by atoms with Crippen LogP contribution in [0.2, 0.25) is 0 Å². The molecule has 20 heavy (non-hydrogen) atoms. The highest BCUT2D eigenvalue weighted by atomic mass is 19.4. The molecule has 0 spiro atoms. The second-order valence-electron chi connectivity index (χ2n) is 7.46. The van der Waals surface area contributed by atoms with Gasteiger partial charge in [-0.3, -0.25) is 4.90 Å². The molecule has 0 amide bonds. The standard InChI is InChI=1S/C15H25F3N2/c1-13(11-3-4-11)10-20(8-7-15(16,17)18)14(2,9-19-13)12-5-6-12/h11-12,19H,3-10H2,1-2H3. The number of nitrogens with zero attached hydrogens (tertiary/aromatic N) is 1. The number of rotatable bonds is 4. The SMILES string of the molecule is CC1(C2CC2)CN(CCC(F)(F)F)C(C)(C2CC2)CN1. The maximum Gasteiger partial charge on any atom is 0.390 e. The molecule has 2 saturated carbocycles. The molecule has 0 radical (unpaired) electrons. The van der Waals surface area contributed by atoms with Crippen LogP contribution in [0.5, 0.6) is 0 Å². The first-order chi connectivity index (χ1) is 9.23. The Kier molecular flexibility index (Phi) is 3.37. The molecular formula is C15H25F3N2. The second kappa shape index (κ2) is 4.60. The third-order valence-corrected chi connectivity index (χ3v) is 5.69. The molecule has 1 aliphatic heterocycles. The van der Waals surface area contributed by atoms with Crippen LogP contribution in [0.3, 0.4) is 0 Å². The van der Waals surface area contributed by atoms with E-state index in [1.165, 1.54) is 25.7 Å². The molecule has 2 atom stereocenters. The number of halogens is 3. The summed E-state index contributed by atoms with van der Waals surface area (Å²) in [6.07, 6.45) is 0.0383. The number of piperazine rings is 1. The van der Waals surface area contributed by atoms with Crippen molar-refractivity contribution < 1.29 is 13.2 Å². The lowest BCUT2D eigenvalue weighted by Gasteiger charge is -2.53. The zero-order valence-corrected chi connectivity index (χ0v) is 12.4. The van der Waals surface area contributed by atoms with Crippen LogP contribution in [-0.2, 0) is 0 Å². The molecule has 5 heteroatoms. The Balaban J connectivity index is 1.71. The molecule has 2 unspecified atom stereocenters. The van der Waals surface area contributed by atoms with Gasteiger partial charge in [-0.05, 0) is 51.4 Å². The summed E-state index contributed by atoms with van der Waals surface area (Å²) in [5, 5.41) is 3.67. The van der Waals surface area contributed by atoms with Gasteiger partial charge in [0.25, 0.3) is 0 Å². The van der Waals surface area contributed by atoms with E-state index < -0.39 is 12.6 Å². The van der Waals surface area contributed by atoms with Crippen LogP contribution in [0.15, 0.2) is 0 Å². The Morgan fingerprint density at radius 2 is 1.70 bits per heavy atom. The number of nitrogens with one attached hydrogen (secondary N) is 1. The first-order valence-corrected chi connectivity index (χ1v) is 7.80. The highest BCUT2D eigenvalue weighted by molar-refractivity contribution is 5.11. The predicted molar refractivity (Wildman–Crippen MR) is 72.5 cm³/mol. The van der Waals surface area contributed by atoms with Crippen LogP contribution < -0.4 is 5.32 Å². The summed E-state index contributed by atoms with van der Waals surface area (Å²) in [7, 11) is 0. The fourth-order valence-corrected chi connectivity index (χ4v) is 3.82. The summed E-state index contributed by atoms with van der Waals surface area (Å²) in [5.41, 5.74) is -0.0698. The molecule has 3 aliphatic rings. The first-order valence-electron chi connectivity index (χ1n) is 7.80. The molecule has 3 fully saturated rings. The van der Waals surface area contributed by atoms with Crippen molar-refractivity contribution in [2.45, 2.75) is 63.2 Å². The maximum atomic E-state index is 12.6. The van der Waals surface area contributed by atoms with Crippen molar-refractivity contribution in [1.82, 2.24) is 10.2 Å². The second-order valence-corrected chi connectivity index (χ2v) is 7.46. The summed E-state index contributed by atoms with van der Waals surface area (Å²) in [6.45, 7) is 6.10. The van der Waals surface area contributed by atoms with E-state index in [0.29, 0.717) is 11.8 Å². The molecule has 2 aliphatic carbocycles. The van der Waals surface area contributed by atoms with Gasteiger partial charge < -0.3 is 5.32 Å². The van der Waals surface area contributed by atoms with Crippen LogP contribution in [0.4, 0.5) is 13.2 Å². The van der Waals surface area contributed by atoms with Gasteiger partial charge in [-0.15, -0.1) is 0 Å². The fraction of sp³-hybridized carbons (Fsp3) is 1.00. The minimum absolute atomic E-state index is 0.0139. The van der Waals surface area contributed by atoms with Crippen molar-refractivity contribution in [3.8, 4) is 0 Å². The Bertz CT molecular complexity index is 376. The quantitative estimate of drug-likeness (QED) is 0.855. The van der Waals surface area contributed by atoms with Crippen molar-refractivity contribution >= 4 is 0 Å². The maximum absolute atomic E-state index is 12.6. The highest BCUT2D eigenvalue weighted by Crippen LogP contribution is 2.48. The van der Waals surface area contributed by atoms with E-state index in [4.69, 9.17) is 0 Å². The molecule has 0 aromatic carbocycles. The monoisotopic (exact) mass is 290 g/mol. The average molecular weight is 290 g/mol. The lowest BCUT2D eigenvalue weighted by Crippen LogP contribution is -2.70. The van der Waals surface area contributed by atoms with Gasteiger partial charge in [0.2, 0.25) is 0 Å². The van der Waals surface area contributed by atoms with E-state index >= 15 is 0 Å². The Morgan fingerprint density at radius 1 is 1.10 bits per heavy atom. The van der Waals surface area contributed by atoms with Gasteiger partial charge in [-0.1, -0.05) is 0 Å². The van der Waals surface area contributed by atoms with Crippen LogP contribution in [0, 0.1) is 11.8 Å². The molecule has 0 bridgehead atoms. The van der Waals surface area contributed by atoms with Gasteiger partial charge in [0.05, 0.1) is 6.42 Å². The molecule has 0 aromatic rings. The molecule has 1 heterocycles. The van der Waals surface area contributed by atoms with Gasteiger partial charge >= 0.3 is 6.18 Å². The fourth-order valence-electron chi connectivity index (χ4n) is 3.82. The van der Waals surface area contributed by atoms with E-state index in [1.807, 2.05) is 0 Å². The number of hydrogen-bond donors (Lipinski definition) is 1. The van der Waals surface area contributed by atoms with Crippen molar-refractivity contribution in [1.29, 1.82) is 0 Å². The largest absolute Gasteiger partial charge is 0.390 e. The molecule has 116 valence electrons. The van der Waals surface area contributed by atoms with Crippen molar-refractivity contribution in [3.63, 3.8) is 0 Å². The molecule has 1 saturated heterocycles. The van der Waals surface area contributed by atoms with Crippen molar-refractivity contribution in [3.05, 3.63) is 0 Å². The summed E-state index contributed by atoms with van der Waals surface area (Å²) in [6, 6.07) is 0. The summed E-state index contributed by atoms with van der Waals surface area (Å²) < 4.78 is 37.8. The van der Waals surface area contributed by atoms with E-state index in [2.05, 4.69) is 24.1 Å². The first kappa shape index (κ1) is 14.6. The lowest BCUT2D eigenvalue weighted by atomic mass is 9.83. The van der Waals surface area contributed by atoms with Crippen LogP contribution >= 0.6 is 0 Å². The molecular weight excluding hydrogens is 265 g/mol. The van der Waals surface area contributed by atoms with E-state index in [0.717, 1.165) is 13.1 Å². The number of hydrogen-bond acceptors (Lipinski definition) is 2. The third kappa shape index (κ3) is 2.84. The van der Waals surface area contributed by atoms with Crippen LogP contribution in [-0.4, -0.2) is 41.8 Å². The minimum atomic E-state index is -4.05. The van der Waals surface area contributed by atoms with E-state index in [-0.39, 0.29) is 17.6 Å². The van der Waals surface area contributed by atoms with Crippen LogP contribution in [0.1, 0.15) is 46.0 Å². The molecule has 0 aromatic heterocycles. The van der Waals surface area contributed by atoms with E-state index in [1.54, 1.807) is 0 Å². The van der Waals surface area contributed by atoms with Crippen molar-refractivity contribution in [2.75, 3.05) is 19.6 Å². The minimum Gasteiger partial charge on any atom is -0.308 e. The van der Waals surface area contributed by atoms with E-state index in [9.17, 15) is 13.2 Å². The third-order valence-electron chi connectivity index (χ3n) is 5.69. The smallest absolute Gasteiger partial charge is 0.308 e. The topological polar surface area (TPSA) is 15.3 Å². The Labute approximate surface area is 119 Å². The summed E-state index contributed by atoms with van der Waals surface area (Å²) in [4.78, 5) is 2.15. The average Bonchev–Trinajstić information content (AvgIpc) is 3.17. The lowest BCUT2D eigenvalue weighted by molar-refractivity contribution is -0.144. The van der Waals surface area contributed by atoms with Gasteiger partial charge in [-0.2, -0.15) is 13.2 Å². The zero-order valence-electron chi connectivity index (χ0n) is 12.4. The number of alkyl halides is 3. The van der Waals surface area contributed by atoms with Gasteiger partial charge in [-0.25, -0.2) is 0 Å². The van der Waals surface area contributed by atoms with Crippen molar-refractivity contribution in [2.24, 2.45) is 11.8 Å². The normalized spacial score (nSPS) is 40.0. The summed E-state index contributed by atoms with van der Waals surface area (Å²) >= 11 is 0. The zero-order chi connectivity index (χ0) is 14.6. The van der Waals surface area contributed by atoms with Crippen LogP contribution in [0.25, 0.3) is 0 Å². The van der Waals surface area contributed by atoms with Gasteiger partial charge in [0, 0.05) is 30.7 Å². The molecule has 3 rings (SSSR count).